The number of benzene rings is 1. The van der Waals surface area contributed by atoms with Crippen molar-refractivity contribution in [2.24, 2.45) is 5.73 Å². The molecule has 0 aliphatic rings. The van der Waals surface area contributed by atoms with Crippen LogP contribution in [0, 0.1) is 10.1 Å². The molecule has 100 valence electrons. The molecule has 1 aromatic heterocycles. The van der Waals surface area contributed by atoms with Crippen LogP contribution in [0.3, 0.4) is 0 Å². The Balaban J connectivity index is 2.51. The van der Waals surface area contributed by atoms with Gasteiger partial charge < -0.3 is 10.5 Å². The Morgan fingerprint density at radius 3 is 2.79 bits per heavy atom. The summed E-state index contributed by atoms with van der Waals surface area (Å²) in [6.07, 6.45) is 0. The van der Waals surface area contributed by atoms with Gasteiger partial charge in [-0.25, -0.2) is 4.98 Å². The first-order valence-corrected chi connectivity index (χ1v) is 5.53. The number of methoxy groups -OCH3 is 1. The van der Waals surface area contributed by atoms with Crippen LogP contribution in [0.1, 0.15) is 18.8 Å². The lowest BCUT2D eigenvalue weighted by Gasteiger charge is -2.04. The van der Waals surface area contributed by atoms with Crippen LogP contribution in [-0.2, 0) is 0 Å². The van der Waals surface area contributed by atoms with Gasteiger partial charge in [0.05, 0.1) is 23.6 Å². The van der Waals surface area contributed by atoms with E-state index in [4.69, 9.17) is 10.5 Å². The second kappa shape index (κ2) is 5.02. The van der Waals surface area contributed by atoms with Crippen molar-refractivity contribution in [2.75, 3.05) is 7.11 Å². The number of nitrogens with zero attached hydrogens (tertiary/aromatic N) is 3. The molecule has 0 amide bonds. The fourth-order valence-corrected chi connectivity index (χ4v) is 1.58. The molecular weight excluding hydrogens is 250 g/mol. The predicted octanol–water partition coefficient (Wildman–Crippen LogP) is 1.41. The van der Waals surface area contributed by atoms with Gasteiger partial charge in [-0.3, -0.25) is 15.2 Å². The van der Waals surface area contributed by atoms with Crippen LogP contribution in [0.15, 0.2) is 18.2 Å². The zero-order chi connectivity index (χ0) is 14.0. The van der Waals surface area contributed by atoms with Crippen LogP contribution < -0.4 is 10.5 Å². The Morgan fingerprint density at radius 1 is 1.53 bits per heavy atom. The molecule has 2 aromatic rings. The predicted molar refractivity (Wildman–Crippen MR) is 67.6 cm³/mol. The van der Waals surface area contributed by atoms with Crippen molar-refractivity contribution in [2.45, 2.75) is 13.0 Å². The lowest BCUT2D eigenvalue weighted by Crippen LogP contribution is -2.06. The van der Waals surface area contributed by atoms with Gasteiger partial charge in [-0.1, -0.05) is 0 Å². The molecule has 0 saturated heterocycles. The van der Waals surface area contributed by atoms with Gasteiger partial charge in [0, 0.05) is 12.1 Å². The van der Waals surface area contributed by atoms with Crippen molar-refractivity contribution in [3.05, 3.63) is 34.1 Å². The summed E-state index contributed by atoms with van der Waals surface area (Å²) in [4.78, 5) is 14.5. The van der Waals surface area contributed by atoms with Gasteiger partial charge in [0.1, 0.15) is 11.6 Å². The molecule has 0 spiro atoms. The Hall–Kier alpha value is -2.48. The van der Waals surface area contributed by atoms with Crippen molar-refractivity contribution in [1.29, 1.82) is 0 Å². The number of hydrogen-bond donors (Lipinski definition) is 2. The van der Waals surface area contributed by atoms with E-state index < -0.39 is 4.92 Å². The van der Waals surface area contributed by atoms with Crippen molar-refractivity contribution in [3.63, 3.8) is 0 Å². The molecule has 3 N–H and O–H groups in total. The molecule has 0 aliphatic carbocycles. The number of nitrogens with one attached hydrogen (secondary N) is 1. The van der Waals surface area contributed by atoms with Gasteiger partial charge in [-0.2, -0.15) is 5.10 Å². The highest BCUT2D eigenvalue weighted by molar-refractivity contribution is 5.67. The molecule has 8 heteroatoms. The number of nitro benzene ring substituents is 1. The van der Waals surface area contributed by atoms with Crippen molar-refractivity contribution < 1.29 is 9.66 Å². The quantitative estimate of drug-likeness (QED) is 0.635. The molecule has 2 rings (SSSR count). The number of nitro groups is 1. The molecular formula is C11H13N5O3. The first-order valence-electron chi connectivity index (χ1n) is 5.53. The first-order chi connectivity index (χ1) is 9.02. The van der Waals surface area contributed by atoms with Gasteiger partial charge in [0.15, 0.2) is 5.82 Å². The number of nitrogens with two attached hydrogens (primary N) is 1. The van der Waals surface area contributed by atoms with Crippen LogP contribution in [0.4, 0.5) is 5.69 Å². The summed E-state index contributed by atoms with van der Waals surface area (Å²) in [5, 5.41) is 17.5. The van der Waals surface area contributed by atoms with Crippen molar-refractivity contribution in [1.82, 2.24) is 15.2 Å². The van der Waals surface area contributed by atoms with Gasteiger partial charge in [0.25, 0.3) is 5.69 Å². The number of aromatic amines is 1. The Bertz CT molecular complexity index is 608. The maximum Gasteiger partial charge on any atom is 0.270 e. The van der Waals surface area contributed by atoms with E-state index in [1.807, 2.05) is 0 Å². The molecule has 19 heavy (non-hydrogen) atoms. The molecule has 0 aliphatic heterocycles. The maximum atomic E-state index is 10.8. The Kier molecular flexibility index (Phi) is 3.43. The molecule has 0 saturated carbocycles. The number of aromatic nitrogens is 3. The van der Waals surface area contributed by atoms with Crippen LogP contribution in [0.5, 0.6) is 5.75 Å². The molecule has 0 fully saturated rings. The zero-order valence-corrected chi connectivity index (χ0v) is 10.5. The minimum absolute atomic E-state index is 0.0528. The average Bonchev–Trinajstić information content (AvgIpc) is 2.87. The minimum atomic E-state index is -0.484. The second-order valence-corrected chi connectivity index (χ2v) is 3.97. The fraction of sp³-hybridized carbons (Fsp3) is 0.273. The summed E-state index contributed by atoms with van der Waals surface area (Å²) in [6, 6.07) is 3.94. The summed E-state index contributed by atoms with van der Waals surface area (Å²) in [7, 11) is 1.48. The molecule has 1 atom stereocenters. The fourth-order valence-electron chi connectivity index (χ4n) is 1.58. The first kappa shape index (κ1) is 13.0. The van der Waals surface area contributed by atoms with Gasteiger partial charge in [-0.05, 0) is 13.0 Å². The summed E-state index contributed by atoms with van der Waals surface area (Å²) in [6.45, 7) is 1.76. The molecule has 0 bridgehead atoms. The topological polar surface area (TPSA) is 120 Å². The van der Waals surface area contributed by atoms with E-state index in [1.165, 1.54) is 25.3 Å². The largest absolute Gasteiger partial charge is 0.496 e. The second-order valence-electron chi connectivity index (χ2n) is 3.97. The van der Waals surface area contributed by atoms with Crippen LogP contribution >= 0.6 is 0 Å². The van der Waals surface area contributed by atoms with Gasteiger partial charge in [0.2, 0.25) is 0 Å². The third kappa shape index (κ3) is 2.52. The van der Waals surface area contributed by atoms with E-state index in [1.54, 1.807) is 6.92 Å². The van der Waals surface area contributed by atoms with Crippen molar-refractivity contribution >= 4 is 5.69 Å². The van der Waals surface area contributed by atoms with Crippen LogP contribution in [0.25, 0.3) is 11.4 Å². The third-order valence-electron chi connectivity index (χ3n) is 2.57. The number of rotatable bonds is 4. The minimum Gasteiger partial charge on any atom is -0.496 e. The molecule has 8 nitrogen and oxygen atoms in total. The van der Waals surface area contributed by atoms with E-state index in [0.29, 0.717) is 23.0 Å². The van der Waals surface area contributed by atoms with Crippen LogP contribution in [0.2, 0.25) is 0 Å². The smallest absolute Gasteiger partial charge is 0.270 e. The van der Waals surface area contributed by atoms with E-state index in [9.17, 15) is 10.1 Å². The number of H-pyrrole nitrogens is 1. The van der Waals surface area contributed by atoms with E-state index in [2.05, 4.69) is 15.2 Å². The monoisotopic (exact) mass is 263 g/mol. The van der Waals surface area contributed by atoms with E-state index in [0.717, 1.165) is 0 Å². The number of non-ortho nitro benzene ring substituents is 1. The highest BCUT2D eigenvalue weighted by Crippen LogP contribution is 2.31. The van der Waals surface area contributed by atoms with Crippen molar-refractivity contribution in [3.8, 4) is 17.1 Å². The summed E-state index contributed by atoms with van der Waals surface area (Å²) in [5.74, 6) is 1.28. The third-order valence-corrected chi connectivity index (χ3v) is 2.57. The van der Waals surface area contributed by atoms with E-state index >= 15 is 0 Å². The number of ether oxygens (including phenoxy) is 1. The zero-order valence-electron chi connectivity index (χ0n) is 10.5. The van der Waals surface area contributed by atoms with Gasteiger partial charge in [-0.15, -0.1) is 0 Å². The Labute approximate surface area is 108 Å². The van der Waals surface area contributed by atoms with Gasteiger partial charge >= 0.3 is 0 Å². The van der Waals surface area contributed by atoms with E-state index in [-0.39, 0.29) is 11.7 Å². The van der Waals surface area contributed by atoms with Crippen LogP contribution in [-0.4, -0.2) is 27.2 Å². The normalized spacial score (nSPS) is 12.2. The number of hydrogen-bond acceptors (Lipinski definition) is 6. The molecule has 1 heterocycles. The standard InChI is InChI=1S/C11H13N5O3/c1-6(12)10-13-11(15-14-10)8-5-7(16(17)18)3-4-9(8)19-2/h3-6H,12H2,1-2H3,(H,13,14,15)/t6-/m1/s1. The maximum absolute atomic E-state index is 10.8. The summed E-state index contributed by atoms with van der Waals surface area (Å²) >= 11 is 0. The summed E-state index contributed by atoms with van der Waals surface area (Å²) < 4.78 is 5.16. The Morgan fingerprint density at radius 2 is 2.26 bits per heavy atom. The molecule has 1 aromatic carbocycles. The molecule has 0 unspecified atom stereocenters. The lowest BCUT2D eigenvalue weighted by atomic mass is 10.1. The highest BCUT2D eigenvalue weighted by atomic mass is 16.6. The lowest BCUT2D eigenvalue weighted by molar-refractivity contribution is -0.384. The molecule has 0 radical (unpaired) electrons. The average molecular weight is 263 g/mol. The SMILES string of the molecule is COc1ccc([N+](=O)[O-])cc1-c1n[nH]c([C@@H](C)N)n1. The summed E-state index contributed by atoms with van der Waals surface area (Å²) in [5.41, 5.74) is 6.07. The highest BCUT2D eigenvalue weighted by Gasteiger charge is 2.17.